The number of hydrogen-bond donors (Lipinski definition) is 1. The standard InChI is InChI=1S/C17H24N2O2/c1-13-6-8-15(9-7-13)12-19(14(2)20)11-10-18-17(21)16-4-3-5-16/h6-9,16H,3-5,10-12H2,1-2H3,(H,18,21). The highest BCUT2D eigenvalue weighted by molar-refractivity contribution is 5.79. The van der Waals surface area contributed by atoms with Crippen LogP contribution in [0, 0.1) is 12.8 Å². The van der Waals surface area contributed by atoms with Crippen LogP contribution in [0.2, 0.25) is 0 Å². The number of hydrogen-bond acceptors (Lipinski definition) is 2. The van der Waals surface area contributed by atoms with E-state index in [1.807, 2.05) is 31.2 Å². The van der Waals surface area contributed by atoms with Crippen LogP contribution in [0.25, 0.3) is 0 Å². The van der Waals surface area contributed by atoms with Crippen molar-refractivity contribution in [1.29, 1.82) is 0 Å². The van der Waals surface area contributed by atoms with Gasteiger partial charge in [-0.15, -0.1) is 0 Å². The summed E-state index contributed by atoms with van der Waals surface area (Å²) >= 11 is 0. The van der Waals surface area contributed by atoms with E-state index in [9.17, 15) is 9.59 Å². The van der Waals surface area contributed by atoms with Crippen LogP contribution in [0.4, 0.5) is 0 Å². The van der Waals surface area contributed by atoms with Gasteiger partial charge in [-0.2, -0.15) is 0 Å². The molecule has 4 nitrogen and oxygen atoms in total. The topological polar surface area (TPSA) is 49.4 Å². The first-order valence-corrected chi connectivity index (χ1v) is 7.65. The lowest BCUT2D eigenvalue weighted by molar-refractivity contribution is -0.131. The van der Waals surface area contributed by atoms with Gasteiger partial charge < -0.3 is 10.2 Å². The largest absolute Gasteiger partial charge is 0.354 e. The molecule has 0 spiro atoms. The van der Waals surface area contributed by atoms with E-state index in [4.69, 9.17) is 0 Å². The summed E-state index contributed by atoms with van der Waals surface area (Å²) in [6.07, 6.45) is 3.17. The molecule has 0 atom stereocenters. The zero-order valence-corrected chi connectivity index (χ0v) is 12.9. The highest BCUT2D eigenvalue weighted by Gasteiger charge is 2.24. The van der Waals surface area contributed by atoms with Crippen molar-refractivity contribution in [2.45, 2.75) is 39.7 Å². The van der Waals surface area contributed by atoms with E-state index in [0.717, 1.165) is 24.8 Å². The normalized spacial score (nSPS) is 14.4. The molecule has 21 heavy (non-hydrogen) atoms. The van der Waals surface area contributed by atoms with Gasteiger partial charge in [0.15, 0.2) is 0 Å². The van der Waals surface area contributed by atoms with Gasteiger partial charge in [-0.25, -0.2) is 0 Å². The van der Waals surface area contributed by atoms with Crippen LogP contribution in [-0.4, -0.2) is 29.8 Å². The minimum absolute atomic E-state index is 0.0356. The first kappa shape index (κ1) is 15.5. The van der Waals surface area contributed by atoms with Crippen molar-refractivity contribution in [1.82, 2.24) is 10.2 Å². The SMILES string of the molecule is CC(=O)N(CCNC(=O)C1CCC1)Cc1ccc(C)cc1. The third-order valence-electron chi connectivity index (χ3n) is 4.10. The Hall–Kier alpha value is -1.84. The molecule has 1 saturated carbocycles. The lowest BCUT2D eigenvalue weighted by Crippen LogP contribution is -2.40. The van der Waals surface area contributed by atoms with Gasteiger partial charge in [-0.1, -0.05) is 36.2 Å². The minimum Gasteiger partial charge on any atom is -0.354 e. The number of amides is 2. The maximum absolute atomic E-state index is 11.8. The minimum atomic E-state index is 0.0356. The zero-order valence-electron chi connectivity index (χ0n) is 12.9. The highest BCUT2D eigenvalue weighted by Crippen LogP contribution is 2.25. The van der Waals surface area contributed by atoms with E-state index in [1.165, 1.54) is 5.56 Å². The van der Waals surface area contributed by atoms with E-state index >= 15 is 0 Å². The third kappa shape index (κ3) is 4.59. The predicted molar refractivity (Wildman–Crippen MR) is 82.6 cm³/mol. The second-order valence-corrected chi connectivity index (χ2v) is 5.85. The predicted octanol–water partition coefficient (Wildman–Crippen LogP) is 2.26. The number of carbonyl (C=O) groups is 2. The van der Waals surface area contributed by atoms with Gasteiger partial charge in [0.05, 0.1) is 0 Å². The van der Waals surface area contributed by atoms with Crippen molar-refractivity contribution < 1.29 is 9.59 Å². The fourth-order valence-electron chi connectivity index (χ4n) is 2.39. The van der Waals surface area contributed by atoms with E-state index < -0.39 is 0 Å². The quantitative estimate of drug-likeness (QED) is 0.873. The Morgan fingerprint density at radius 2 is 1.90 bits per heavy atom. The average molecular weight is 288 g/mol. The molecule has 0 aliphatic heterocycles. The van der Waals surface area contributed by atoms with Gasteiger partial charge >= 0.3 is 0 Å². The summed E-state index contributed by atoms with van der Waals surface area (Å²) in [6, 6.07) is 8.18. The van der Waals surface area contributed by atoms with Gasteiger partial charge in [-0.3, -0.25) is 9.59 Å². The van der Waals surface area contributed by atoms with Crippen LogP contribution in [0.5, 0.6) is 0 Å². The van der Waals surface area contributed by atoms with Crippen LogP contribution in [0.15, 0.2) is 24.3 Å². The monoisotopic (exact) mass is 288 g/mol. The van der Waals surface area contributed by atoms with Gasteiger partial charge in [0, 0.05) is 32.5 Å². The molecular weight excluding hydrogens is 264 g/mol. The molecule has 1 N–H and O–H groups in total. The molecule has 0 aromatic heterocycles. The summed E-state index contributed by atoms with van der Waals surface area (Å²) in [5.74, 6) is 0.376. The number of aryl methyl sites for hydroxylation is 1. The van der Waals surface area contributed by atoms with Gasteiger partial charge in [0.1, 0.15) is 0 Å². The summed E-state index contributed by atoms with van der Waals surface area (Å²) < 4.78 is 0. The lowest BCUT2D eigenvalue weighted by atomic mass is 9.85. The Bertz CT molecular complexity index is 492. The van der Waals surface area contributed by atoms with Gasteiger partial charge in [0.25, 0.3) is 0 Å². The molecule has 1 fully saturated rings. The average Bonchev–Trinajstić information content (AvgIpc) is 2.37. The molecule has 0 unspecified atom stereocenters. The van der Waals surface area contributed by atoms with Crippen molar-refractivity contribution in [3.05, 3.63) is 35.4 Å². The smallest absolute Gasteiger partial charge is 0.223 e. The Balaban J connectivity index is 1.80. The number of benzene rings is 1. The summed E-state index contributed by atoms with van der Waals surface area (Å²) in [7, 11) is 0. The van der Waals surface area contributed by atoms with E-state index in [1.54, 1.807) is 11.8 Å². The molecule has 1 aromatic rings. The fraction of sp³-hybridized carbons (Fsp3) is 0.529. The molecule has 0 heterocycles. The lowest BCUT2D eigenvalue weighted by Gasteiger charge is -2.25. The molecule has 0 bridgehead atoms. The molecule has 1 aliphatic rings. The Labute approximate surface area is 126 Å². The summed E-state index contributed by atoms with van der Waals surface area (Å²) in [5, 5.41) is 2.93. The second-order valence-electron chi connectivity index (χ2n) is 5.85. The van der Waals surface area contributed by atoms with Crippen molar-refractivity contribution in [2.75, 3.05) is 13.1 Å². The molecule has 0 saturated heterocycles. The molecular formula is C17H24N2O2. The van der Waals surface area contributed by atoms with Crippen molar-refractivity contribution in [3.63, 3.8) is 0 Å². The molecule has 2 rings (SSSR count). The summed E-state index contributed by atoms with van der Waals surface area (Å²) in [5.41, 5.74) is 2.32. The number of nitrogens with one attached hydrogen (secondary N) is 1. The Morgan fingerprint density at radius 1 is 1.24 bits per heavy atom. The first-order valence-electron chi connectivity index (χ1n) is 7.65. The maximum Gasteiger partial charge on any atom is 0.223 e. The van der Waals surface area contributed by atoms with Crippen molar-refractivity contribution in [3.8, 4) is 0 Å². The molecule has 1 aliphatic carbocycles. The van der Waals surface area contributed by atoms with E-state index in [2.05, 4.69) is 5.32 Å². The van der Waals surface area contributed by atoms with Gasteiger partial charge in [0.2, 0.25) is 11.8 Å². The third-order valence-corrected chi connectivity index (χ3v) is 4.10. The number of nitrogens with zero attached hydrogens (tertiary/aromatic N) is 1. The van der Waals surface area contributed by atoms with Gasteiger partial charge in [-0.05, 0) is 25.3 Å². The number of rotatable bonds is 6. The summed E-state index contributed by atoms with van der Waals surface area (Å²) in [4.78, 5) is 25.2. The van der Waals surface area contributed by atoms with Crippen LogP contribution in [0.1, 0.15) is 37.3 Å². The van der Waals surface area contributed by atoms with E-state index in [0.29, 0.717) is 19.6 Å². The fourth-order valence-corrected chi connectivity index (χ4v) is 2.39. The second kappa shape index (κ2) is 7.25. The van der Waals surface area contributed by atoms with E-state index in [-0.39, 0.29) is 17.7 Å². The molecule has 4 heteroatoms. The first-order chi connectivity index (χ1) is 10.1. The maximum atomic E-state index is 11.8. The van der Waals surface area contributed by atoms with Crippen molar-refractivity contribution in [2.24, 2.45) is 5.92 Å². The Kier molecular flexibility index (Phi) is 5.37. The van der Waals surface area contributed by atoms with Crippen LogP contribution in [0.3, 0.4) is 0 Å². The molecule has 114 valence electrons. The van der Waals surface area contributed by atoms with Crippen LogP contribution in [-0.2, 0) is 16.1 Å². The van der Waals surface area contributed by atoms with Crippen LogP contribution >= 0.6 is 0 Å². The summed E-state index contributed by atoms with van der Waals surface area (Å²) in [6.45, 7) is 5.29. The molecule has 1 aromatic carbocycles. The highest BCUT2D eigenvalue weighted by atomic mass is 16.2. The number of carbonyl (C=O) groups excluding carboxylic acids is 2. The Morgan fingerprint density at radius 3 is 2.43 bits per heavy atom. The van der Waals surface area contributed by atoms with Crippen molar-refractivity contribution >= 4 is 11.8 Å². The zero-order chi connectivity index (χ0) is 15.2. The molecule has 0 radical (unpaired) electrons. The van der Waals surface area contributed by atoms with Crippen LogP contribution < -0.4 is 5.32 Å². The molecule has 2 amide bonds.